The van der Waals surface area contributed by atoms with Crippen LogP contribution in [0, 0.1) is 12.8 Å². The van der Waals surface area contributed by atoms with Gasteiger partial charge in [-0.05, 0) is 5.92 Å². The van der Waals surface area contributed by atoms with Crippen LogP contribution in [-0.4, -0.2) is 11.2 Å². The van der Waals surface area contributed by atoms with E-state index in [1.165, 1.54) is 0 Å². The molecular weight excluding hydrogens is 140 g/mol. The summed E-state index contributed by atoms with van der Waals surface area (Å²) in [6, 6.07) is 0. The SMILES string of the molecule is Cc1nc2c(o1)N=CC(C)C2. The van der Waals surface area contributed by atoms with E-state index in [4.69, 9.17) is 4.42 Å². The molecule has 11 heavy (non-hydrogen) atoms. The fraction of sp³-hybridized carbons (Fsp3) is 0.500. The maximum atomic E-state index is 5.25. The second-order valence-electron chi connectivity index (χ2n) is 2.94. The van der Waals surface area contributed by atoms with Crippen LogP contribution < -0.4 is 0 Å². The molecule has 2 heterocycles. The molecule has 0 bridgehead atoms. The van der Waals surface area contributed by atoms with E-state index in [1.807, 2.05) is 13.1 Å². The molecule has 0 fully saturated rings. The molecule has 0 saturated heterocycles. The zero-order valence-corrected chi connectivity index (χ0v) is 6.66. The van der Waals surface area contributed by atoms with Gasteiger partial charge in [0.1, 0.15) is 5.69 Å². The highest BCUT2D eigenvalue weighted by atomic mass is 16.4. The van der Waals surface area contributed by atoms with Crippen molar-refractivity contribution in [3.8, 4) is 0 Å². The minimum absolute atomic E-state index is 0.493. The lowest BCUT2D eigenvalue weighted by Crippen LogP contribution is -2.05. The molecule has 1 aliphatic heterocycles. The average Bonchev–Trinajstić information content (AvgIpc) is 2.27. The second kappa shape index (κ2) is 2.19. The molecule has 0 aliphatic carbocycles. The van der Waals surface area contributed by atoms with Crippen molar-refractivity contribution in [3.05, 3.63) is 11.6 Å². The summed E-state index contributed by atoms with van der Waals surface area (Å²) in [7, 11) is 0. The van der Waals surface area contributed by atoms with Gasteiger partial charge in [0.25, 0.3) is 0 Å². The molecule has 3 nitrogen and oxygen atoms in total. The van der Waals surface area contributed by atoms with Crippen molar-refractivity contribution in [1.82, 2.24) is 4.98 Å². The van der Waals surface area contributed by atoms with E-state index in [2.05, 4.69) is 16.9 Å². The molecule has 0 radical (unpaired) electrons. The van der Waals surface area contributed by atoms with Gasteiger partial charge in [-0.2, -0.15) is 0 Å². The van der Waals surface area contributed by atoms with Gasteiger partial charge in [-0.3, -0.25) is 0 Å². The number of aromatic nitrogens is 1. The van der Waals surface area contributed by atoms with E-state index in [1.54, 1.807) is 0 Å². The quantitative estimate of drug-likeness (QED) is 0.566. The fourth-order valence-electron chi connectivity index (χ4n) is 1.25. The summed E-state index contributed by atoms with van der Waals surface area (Å²) in [4.78, 5) is 8.36. The molecule has 0 aromatic carbocycles. The molecular formula is C8H10N2O. The number of hydrogen-bond donors (Lipinski definition) is 0. The number of hydrogen-bond acceptors (Lipinski definition) is 3. The normalized spacial score (nSPS) is 21.8. The molecule has 1 unspecified atom stereocenters. The van der Waals surface area contributed by atoms with Gasteiger partial charge >= 0.3 is 0 Å². The summed E-state index contributed by atoms with van der Waals surface area (Å²) in [6.45, 7) is 3.97. The van der Waals surface area contributed by atoms with Crippen LogP contribution in [-0.2, 0) is 6.42 Å². The monoisotopic (exact) mass is 150 g/mol. The van der Waals surface area contributed by atoms with Gasteiger partial charge in [0.05, 0.1) is 0 Å². The van der Waals surface area contributed by atoms with Crippen LogP contribution >= 0.6 is 0 Å². The standard InChI is InChI=1S/C8H10N2O/c1-5-3-7-8(9-4-5)11-6(2)10-7/h4-5H,3H2,1-2H3. The summed E-state index contributed by atoms with van der Waals surface area (Å²) in [6.07, 6.45) is 2.86. The molecule has 0 spiro atoms. The van der Waals surface area contributed by atoms with Crippen LogP contribution in [0.3, 0.4) is 0 Å². The first-order valence-electron chi connectivity index (χ1n) is 3.76. The van der Waals surface area contributed by atoms with Crippen molar-refractivity contribution in [3.63, 3.8) is 0 Å². The van der Waals surface area contributed by atoms with Gasteiger partial charge in [0.2, 0.25) is 5.88 Å². The van der Waals surface area contributed by atoms with Gasteiger partial charge in [0.15, 0.2) is 5.89 Å². The van der Waals surface area contributed by atoms with E-state index in [0.29, 0.717) is 17.7 Å². The van der Waals surface area contributed by atoms with Gasteiger partial charge in [-0.25, -0.2) is 9.98 Å². The third-order valence-electron chi connectivity index (χ3n) is 1.75. The fourth-order valence-corrected chi connectivity index (χ4v) is 1.25. The number of rotatable bonds is 0. The van der Waals surface area contributed by atoms with Crippen molar-refractivity contribution in [1.29, 1.82) is 0 Å². The Morgan fingerprint density at radius 1 is 1.64 bits per heavy atom. The number of nitrogens with zero attached hydrogens (tertiary/aromatic N) is 2. The topological polar surface area (TPSA) is 38.4 Å². The molecule has 1 aromatic heterocycles. The Hall–Kier alpha value is -1.12. The molecule has 3 heteroatoms. The number of aryl methyl sites for hydroxylation is 1. The number of oxazole rings is 1. The Bertz CT molecular complexity index is 301. The predicted octanol–water partition coefficient (Wildman–Crippen LogP) is 1.88. The molecule has 0 saturated carbocycles. The van der Waals surface area contributed by atoms with Gasteiger partial charge in [-0.1, -0.05) is 6.92 Å². The maximum absolute atomic E-state index is 5.25. The molecule has 0 amide bonds. The molecule has 1 aliphatic rings. The van der Waals surface area contributed by atoms with E-state index in [-0.39, 0.29) is 0 Å². The van der Waals surface area contributed by atoms with E-state index < -0.39 is 0 Å². The van der Waals surface area contributed by atoms with Crippen LogP contribution in [0.1, 0.15) is 18.5 Å². The molecule has 1 atom stereocenters. The minimum Gasteiger partial charge on any atom is -0.423 e. The largest absolute Gasteiger partial charge is 0.423 e. The zero-order valence-electron chi connectivity index (χ0n) is 6.66. The van der Waals surface area contributed by atoms with Crippen LogP contribution in [0.4, 0.5) is 5.88 Å². The lowest BCUT2D eigenvalue weighted by molar-refractivity contribution is 0.528. The van der Waals surface area contributed by atoms with Gasteiger partial charge < -0.3 is 4.42 Å². The average molecular weight is 150 g/mol. The summed E-state index contributed by atoms with van der Waals surface area (Å²) in [5.74, 6) is 1.90. The summed E-state index contributed by atoms with van der Waals surface area (Å²) in [5, 5.41) is 0. The van der Waals surface area contributed by atoms with Crippen LogP contribution in [0.15, 0.2) is 9.41 Å². The molecule has 58 valence electrons. The smallest absolute Gasteiger partial charge is 0.242 e. The second-order valence-corrected chi connectivity index (χ2v) is 2.94. The molecule has 0 N–H and O–H groups in total. The first-order chi connectivity index (χ1) is 5.25. The van der Waals surface area contributed by atoms with Gasteiger partial charge in [-0.15, -0.1) is 0 Å². The number of aliphatic imine (C=N–C) groups is 1. The van der Waals surface area contributed by atoms with Crippen molar-refractivity contribution < 1.29 is 4.42 Å². The van der Waals surface area contributed by atoms with E-state index >= 15 is 0 Å². The Morgan fingerprint density at radius 2 is 2.45 bits per heavy atom. The third-order valence-corrected chi connectivity index (χ3v) is 1.75. The van der Waals surface area contributed by atoms with Crippen LogP contribution in [0.2, 0.25) is 0 Å². The first kappa shape index (κ1) is 6.58. The maximum Gasteiger partial charge on any atom is 0.242 e. The first-order valence-corrected chi connectivity index (χ1v) is 3.76. The van der Waals surface area contributed by atoms with Crippen LogP contribution in [0.5, 0.6) is 0 Å². The Morgan fingerprint density at radius 3 is 3.27 bits per heavy atom. The summed E-state index contributed by atoms with van der Waals surface area (Å²) >= 11 is 0. The lowest BCUT2D eigenvalue weighted by atomic mass is 10.1. The van der Waals surface area contributed by atoms with E-state index in [0.717, 1.165) is 12.1 Å². The summed E-state index contributed by atoms with van der Waals surface area (Å²) in [5.41, 5.74) is 0.998. The lowest BCUT2D eigenvalue weighted by Gasteiger charge is -2.06. The van der Waals surface area contributed by atoms with E-state index in [9.17, 15) is 0 Å². The summed E-state index contributed by atoms with van der Waals surface area (Å²) < 4.78 is 5.25. The highest BCUT2D eigenvalue weighted by Crippen LogP contribution is 2.25. The molecule has 2 rings (SSSR count). The van der Waals surface area contributed by atoms with Crippen LogP contribution in [0.25, 0.3) is 0 Å². The highest BCUT2D eigenvalue weighted by molar-refractivity contribution is 5.67. The Kier molecular flexibility index (Phi) is 1.31. The predicted molar refractivity (Wildman–Crippen MR) is 42.3 cm³/mol. The zero-order chi connectivity index (χ0) is 7.84. The van der Waals surface area contributed by atoms with Gasteiger partial charge in [0, 0.05) is 19.6 Å². The van der Waals surface area contributed by atoms with Crippen molar-refractivity contribution in [2.24, 2.45) is 10.9 Å². The van der Waals surface area contributed by atoms with Crippen molar-refractivity contribution >= 4 is 12.1 Å². The third kappa shape index (κ3) is 1.06. The Labute approximate surface area is 65.2 Å². The van der Waals surface area contributed by atoms with Crippen molar-refractivity contribution in [2.45, 2.75) is 20.3 Å². The Balaban J connectivity index is 2.44. The van der Waals surface area contributed by atoms with Crippen molar-refractivity contribution in [2.75, 3.05) is 0 Å². The highest BCUT2D eigenvalue weighted by Gasteiger charge is 2.16. The molecule has 1 aromatic rings. The minimum atomic E-state index is 0.493. The number of fused-ring (bicyclic) bond motifs is 1.